The summed E-state index contributed by atoms with van der Waals surface area (Å²) in [5.74, 6) is -2.61. The number of aromatic hydroxyl groups is 6. The molecule has 0 saturated carbocycles. The number of phenols is 6. The fraction of sp³-hybridized carbons (Fsp3) is 0.167. The van der Waals surface area contributed by atoms with Gasteiger partial charge in [-0.15, -0.1) is 0 Å². The van der Waals surface area contributed by atoms with Crippen LogP contribution in [0, 0.1) is 11.8 Å². The van der Waals surface area contributed by atoms with E-state index in [-0.39, 0.29) is 40.1 Å². The number of hydrogen-bond donors (Lipinski definition) is 6. The minimum atomic E-state index is -0.859. The van der Waals surface area contributed by atoms with E-state index in [0.717, 1.165) is 11.6 Å². The summed E-state index contributed by atoms with van der Waals surface area (Å²) in [6.45, 7) is 0. The van der Waals surface area contributed by atoms with E-state index in [9.17, 15) is 35.4 Å². The number of Topliss-reactive ketones (excluding diaryl/α,β-unsaturated/α-hetero) is 1. The summed E-state index contributed by atoms with van der Waals surface area (Å²) in [6.07, 6.45) is -1.30. The van der Waals surface area contributed by atoms with Gasteiger partial charge >= 0.3 is 0 Å². The second-order valence-corrected chi connectivity index (χ2v) is 9.44. The van der Waals surface area contributed by atoms with Gasteiger partial charge in [-0.3, -0.25) is 4.79 Å². The molecule has 0 spiro atoms. The summed E-state index contributed by atoms with van der Waals surface area (Å²) >= 11 is 0. The van der Waals surface area contributed by atoms with Crippen molar-refractivity contribution >= 4 is 5.78 Å². The van der Waals surface area contributed by atoms with E-state index < -0.39 is 29.8 Å². The SMILES string of the molecule is O=C(c1ccc(O)cc1O)C1C(c2ccc(O)cc2)OC(c2ccc(O)cc2O)C1Cc1ccc(O)cc1. The van der Waals surface area contributed by atoms with Crippen molar-refractivity contribution in [3.63, 3.8) is 0 Å². The van der Waals surface area contributed by atoms with Gasteiger partial charge in [0.15, 0.2) is 5.78 Å². The van der Waals surface area contributed by atoms with Crippen molar-refractivity contribution in [2.45, 2.75) is 18.6 Å². The third kappa shape index (κ3) is 4.81. The molecule has 1 saturated heterocycles. The number of ketones is 1. The highest BCUT2D eigenvalue weighted by atomic mass is 16.5. The molecule has 8 nitrogen and oxygen atoms in total. The molecule has 1 heterocycles. The Balaban J connectivity index is 1.66. The molecule has 0 bridgehead atoms. The van der Waals surface area contributed by atoms with E-state index in [1.54, 1.807) is 24.3 Å². The van der Waals surface area contributed by atoms with Gasteiger partial charge < -0.3 is 35.4 Å². The Labute approximate surface area is 218 Å². The maximum atomic E-state index is 14.1. The largest absolute Gasteiger partial charge is 0.508 e. The smallest absolute Gasteiger partial charge is 0.173 e. The molecule has 1 aliphatic rings. The summed E-state index contributed by atoms with van der Waals surface area (Å²) < 4.78 is 6.50. The molecule has 1 aliphatic heterocycles. The van der Waals surface area contributed by atoms with Gasteiger partial charge in [0.2, 0.25) is 0 Å². The van der Waals surface area contributed by atoms with Crippen molar-refractivity contribution in [1.29, 1.82) is 0 Å². The van der Waals surface area contributed by atoms with Gasteiger partial charge in [0.1, 0.15) is 34.5 Å². The molecule has 4 aromatic carbocycles. The van der Waals surface area contributed by atoms with Crippen LogP contribution in [0.5, 0.6) is 34.5 Å². The zero-order valence-electron chi connectivity index (χ0n) is 20.1. The van der Waals surface area contributed by atoms with Crippen LogP contribution >= 0.6 is 0 Å². The Morgan fingerprint density at radius 3 is 1.79 bits per heavy atom. The molecule has 0 aromatic heterocycles. The van der Waals surface area contributed by atoms with Crippen molar-refractivity contribution in [2.24, 2.45) is 11.8 Å². The lowest BCUT2D eigenvalue weighted by molar-refractivity contribution is 0.0254. The lowest BCUT2D eigenvalue weighted by Gasteiger charge is -2.25. The van der Waals surface area contributed by atoms with E-state index in [4.69, 9.17) is 4.74 Å². The first-order chi connectivity index (χ1) is 18.2. The van der Waals surface area contributed by atoms with E-state index >= 15 is 0 Å². The van der Waals surface area contributed by atoms with Crippen LogP contribution in [0.3, 0.4) is 0 Å². The first-order valence-corrected chi connectivity index (χ1v) is 12.0. The monoisotopic (exact) mass is 514 g/mol. The summed E-state index contributed by atoms with van der Waals surface area (Å²) in [6, 6.07) is 20.7. The molecular formula is C30H26O8. The Morgan fingerprint density at radius 1 is 0.632 bits per heavy atom. The third-order valence-corrected chi connectivity index (χ3v) is 6.97. The van der Waals surface area contributed by atoms with Crippen LogP contribution in [0.25, 0.3) is 0 Å². The van der Waals surface area contributed by atoms with Crippen LogP contribution in [0.1, 0.15) is 39.3 Å². The fourth-order valence-electron chi connectivity index (χ4n) is 5.16. The maximum absolute atomic E-state index is 14.1. The Morgan fingerprint density at radius 2 is 1.18 bits per heavy atom. The lowest BCUT2D eigenvalue weighted by atomic mass is 9.75. The van der Waals surface area contributed by atoms with Crippen LogP contribution in [-0.4, -0.2) is 36.4 Å². The zero-order valence-corrected chi connectivity index (χ0v) is 20.1. The summed E-state index contributed by atoms with van der Waals surface area (Å²) in [5.41, 5.74) is 1.79. The van der Waals surface area contributed by atoms with Crippen molar-refractivity contribution in [3.8, 4) is 34.5 Å². The highest BCUT2D eigenvalue weighted by Crippen LogP contribution is 2.54. The Kier molecular flexibility index (Phi) is 6.57. The first-order valence-electron chi connectivity index (χ1n) is 12.0. The molecular weight excluding hydrogens is 488 g/mol. The Bertz CT molecular complexity index is 1460. The minimum absolute atomic E-state index is 0.00598. The molecule has 6 N–H and O–H groups in total. The predicted octanol–water partition coefficient (Wildman–Crippen LogP) is 5.09. The van der Waals surface area contributed by atoms with Gasteiger partial charge in [-0.2, -0.15) is 0 Å². The predicted molar refractivity (Wildman–Crippen MR) is 137 cm³/mol. The van der Waals surface area contributed by atoms with Gasteiger partial charge in [-0.1, -0.05) is 24.3 Å². The number of rotatable bonds is 6. The number of phenolic OH excluding ortho intramolecular Hbond substituents is 6. The van der Waals surface area contributed by atoms with Crippen molar-refractivity contribution in [1.82, 2.24) is 0 Å². The van der Waals surface area contributed by atoms with Crippen molar-refractivity contribution in [3.05, 3.63) is 107 Å². The first kappa shape index (κ1) is 25.0. The van der Waals surface area contributed by atoms with Crippen LogP contribution in [0.15, 0.2) is 84.9 Å². The Hall–Kier alpha value is -4.69. The quantitative estimate of drug-likeness (QED) is 0.195. The van der Waals surface area contributed by atoms with Gasteiger partial charge in [0.05, 0.1) is 23.7 Å². The molecule has 0 radical (unpaired) electrons. The lowest BCUT2D eigenvalue weighted by Crippen LogP contribution is -2.27. The number of carbonyl (C=O) groups excluding carboxylic acids is 1. The zero-order chi connectivity index (χ0) is 27.0. The molecule has 5 rings (SSSR count). The molecule has 4 aromatic rings. The average Bonchev–Trinajstić information content (AvgIpc) is 3.24. The number of hydrogen-bond acceptors (Lipinski definition) is 8. The van der Waals surface area contributed by atoms with Crippen LogP contribution in [0.4, 0.5) is 0 Å². The molecule has 194 valence electrons. The third-order valence-electron chi connectivity index (χ3n) is 6.97. The van der Waals surface area contributed by atoms with Crippen LogP contribution in [0.2, 0.25) is 0 Å². The molecule has 8 heteroatoms. The number of carbonyl (C=O) groups is 1. The molecule has 0 aliphatic carbocycles. The van der Waals surface area contributed by atoms with Crippen molar-refractivity contribution in [2.75, 3.05) is 0 Å². The van der Waals surface area contributed by atoms with Crippen molar-refractivity contribution < 1.29 is 40.2 Å². The topological polar surface area (TPSA) is 148 Å². The summed E-state index contributed by atoms with van der Waals surface area (Å²) in [5, 5.41) is 60.5. The highest BCUT2D eigenvalue weighted by molar-refractivity contribution is 6.01. The van der Waals surface area contributed by atoms with E-state index in [1.807, 2.05) is 0 Å². The molecule has 0 amide bonds. The van der Waals surface area contributed by atoms with Gasteiger partial charge in [0.25, 0.3) is 0 Å². The molecule has 1 fully saturated rings. The summed E-state index contributed by atoms with van der Waals surface area (Å²) in [4.78, 5) is 14.1. The minimum Gasteiger partial charge on any atom is -0.508 e. The average molecular weight is 515 g/mol. The second kappa shape index (κ2) is 9.99. The molecule has 4 atom stereocenters. The van der Waals surface area contributed by atoms with Crippen LogP contribution < -0.4 is 0 Å². The fourth-order valence-corrected chi connectivity index (χ4v) is 5.16. The van der Waals surface area contributed by atoms with E-state index in [0.29, 0.717) is 17.5 Å². The van der Waals surface area contributed by atoms with Gasteiger partial charge in [0, 0.05) is 23.6 Å². The van der Waals surface area contributed by atoms with E-state index in [1.165, 1.54) is 54.6 Å². The highest BCUT2D eigenvalue weighted by Gasteiger charge is 2.50. The summed E-state index contributed by atoms with van der Waals surface area (Å²) in [7, 11) is 0. The second-order valence-electron chi connectivity index (χ2n) is 9.44. The van der Waals surface area contributed by atoms with Crippen LogP contribution in [-0.2, 0) is 11.2 Å². The number of ether oxygens (including phenoxy) is 1. The van der Waals surface area contributed by atoms with Gasteiger partial charge in [-0.05, 0) is 66.1 Å². The molecule has 4 unspecified atom stereocenters. The standard InChI is InChI=1S/C30H26O8/c31-18-5-1-16(2-6-18)13-24-27(28(37)22-11-9-20(33)14-25(22)35)29(17-3-7-19(32)8-4-17)38-30(24)23-12-10-21(34)15-26(23)36/h1-12,14-15,24,27,29-36H,13H2. The normalized spacial score (nSPS) is 20.8. The van der Waals surface area contributed by atoms with E-state index in [2.05, 4.69) is 0 Å². The number of benzene rings is 4. The molecule has 38 heavy (non-hydrogen) atoms. The van der Waals surface area contributed by atoms with Gasteiger partial charge in [-0.25, -0.2) is 0 Å². The maximum Gasteiger partial charge on any atom is 0.173 e.